The molecular formula is C11H10N2O7S. The maximum atomic E-state index is 12.2. The monoisotopic (exact) mass is 314 g/mol. The molecule has 0 fully saturated rings. The minimum atomic E-state index is -4.18. The molecule has 2 rings (SSSR count). The van der Waals surface area contributed by atoms with Gasteiger partial charge < -0.3 is 4.74 Å². The van der Waals surface area contributed by atoms with Crippen molar-refractivity contribution in [3.8, 4) is 0 Å². The fourth-order valence-electron chi connectivity index (χ4n) is 1.89. The summed E-state index contributed by atoms with van der Waals surface area (Å²) >= 11 is 0. The Hall–Kier alpha value is -2.49. The van der Waals surface area contributed by atoms with Gasteiger partial charge in [-0.3, -0.25) is 19.7 Å². The first-order valence-corrected chi connectivity index (χ1v) is 7.15. The Labute approximate surface area is 119 Å². The molecule has 1 aliphatic heterocycles. The highest BCUT2D eigenvalue weighted by molar-refractivity contribution is 7.90. The maximum Gasteiger partial charge on any atom is 0.307 e. The number of sulfonamides is 1. The molecular weight excluding hydrogens is 304 g/mol. The fourth-order valence-corrected chi connectivity index (χ4v) is 3.48. The zero-order valence-corrected chi connectivity index (χ0v) is 11.6. The number of ether oxygens (including phenoxy) is 1. The van der Waals surface area contributed by atoms with E-state index in [1.54, 1.807) is 0 Å². The molecule has 0 bridgehead atoms. The maximum absolute atomic E-state index is 12.2. The molecule has 0 saturated heterocycles. The minimum Gasteiger partial charge on any atom is -0.469 e. The number of esters is 1. The predicted octanol–water partition coefficient (Wildman–Crippen LogP) is 0.302. The number of nitro groups is 1. The number of non-ortho nitro benzene ring substituents is 1. The Bertz CT molecular complexity index is 741. The summed E-state index contributed by atoms with van der Waals surface area (Å²) in [4.78, 5) is 32.6. The van der Waals surface area contributed by atoms with Gasteiger partial charge in [-0.2, -0.15) is 0 Å². The van der Waals surface area contributed by atoms with E-state index < -0.39 is 37.4 Å². The third kappa shape index (κ3) is 2.44. The molecule has 21 heavy (non-hydrogen) atoms. The molecule has 0 unspecified atom stereocenters. The molecule has 0 aliphatic carbocycles. The smallest absolute Gasteiger partial charge is 0.307 e. The second-order valence-electron chi connectivity index (χ2n) is 4.15. The third-order valence-corrected chi connectivity index (χ3v) is 4.77. The summed E-state index contributed by atoms with van der Waals surface area (Å²) in [6.45, 7) is -0.379. The molecule has 1 aromatic carbocycles. The number of benzene rings is 1. The first kappa shape index (κ1) is 14.9. The lowest BCUT2D eigenvalue weighted by Crippen LogP contribution is -2.32. The Morgan fingerprint density at radius 3 is 2.67 bits per heavy atom. The van der Waals surface area contributed by atoms with Gasteiger partial charge in [0.05, 0.1) is 24.0 Å². The van der Waals surface area contributed by atoms with Crippen molar-refractivity contribution in [3.05, 3.63) is 33.9 Å². The van der Waals surface area contributed by atoms with Crippen LogP contribution < -0.4 is 0 Å². The van der Waals surface area contributed by atoms with Crippen LogP contribution in [0.3, 0.4) is 0 Å². The standard InChI is InChI=1S/C11H10N2O7S/c1-20-10(14)4-5-12-11(15)8-3-2-7(13(16)17)6-9(8)21(12,18)19/h2-3,6H,4-5H2,1H3. The van der Waals surface area contributed by atoms with E-state index in [2.05, 4.69) is 4.74 Å². The average molecular weight is 314 g/mol. The van der Waals surface area contributed by atoms with Crippen molar-refractivity contribution >= 4 is 27.6 Å². The van der Waals surface area contributed by atoms with Gasteiger partial charge in [0.15, 0.2) is 0 Å². The van der Waals surface area contributed by atoms with Gasteiger partial charge in [-0.15, -0.1) is 0 Å². The second kappa shape index (κ2) is 5.13. The third-order valence-electron chi connectivity index (χ3n) is 2.95. The average Bonchev–Trinajstić information content (AvgIpc) is 2.63. The topological polar surface area (TPSA) is 124 Å². The Balaban J connectivity index is 2.40. The SMILES string of the molecule is COC(=O)CCN1C(=O)c2ccc([N+](=O)[O-])cc2S1(=O)=O. The van der Waals surface area contributed by atoms with Crippen molar-refractivity contribution in [2.45, 2.75) is 11.3 Å². The van der Waals surface area contributed by atoms with E-state index in [1.165, 1.54) is 0 Å². The molecule has 0 spiro atoms. The molecule has 0 saturated carbocycles. The lowest BCUT2D eigenvalue weighted by Gasteiger charge is -2.13. The first-order chi connectivity index (χ1) is 9.78. The van der Waals surface area contributed by atoms with Crippen LogP contribution in [0.25, 0.3) is 0 Å². The van der Waals surface area contributed by atoms with Gasteiger partial charge in [0.25, 0.3) is 21.6 Å². The van der Waals surface area contributed by atoms with E-state index in [9.17, 15) is 28.1 Å². The van der Waals surface area contributed by atoms with Gasteiger partial charge >= 0.3 is 5.97 Å². The summed E-state index contributed by atoms with van der Waals surface area (Å²) in [5.74, 6) is -1.48. The van der Waals surface area contributed by atoms with Crippen LogP contribution in [-0.4, -0.2) is 43.2 Å². The lowest BCUT2D eigenvalue weighted by atomic mass is 10.2. The number of carbonyl (C=O) groups excluding carboxylic acids is 2. The van der Waals surface area contributed by atoms with E-state index in [-0.39, 0.29) is 18.5 Å². The van der Waals surface area contributed by atoms with Gasteiger partial charge in [-0.1, -0.05) is 0 Å². The molecule has 1 amide bonds. The van der Waals surface area contributed by atoms with Gasteiger partial charge in [-0.05, 0) is 6.07 Å². The number of carbonyl (C=O) groups is 2. The van der Waals surface area contributed by atoms with Crippen LogP contribution in [0, 0.1) is 10.1 Å². The van der Waals surface area contributed by atoms with Crippen LogP contribution >= 0.6 is 0 Å². The van der Waals surface area contributed by atoms with E-state index in [4.69, 9.17) is 0 Å². The van der Waals surface area contributed by atoms with Crippen LogP contribution in [0.1, 0.15) is 16.8 Å². The zero-order valence-electron chi connectivity index (χ0n) is 10.8. The van der Waals surface area contributed by atoms with Crippen molar-refractivity contribution < 1.29 is 27.7 Å². The summed E-state index contributed by atoms with van der Waals surface area (Å²) in [6, 6.07) is 2.97. The molecule has 10 heteroatoms. The largest absolute Gasteiger partial charge is 0.469 e. The zero-order chi connectivity index (χ0) is 15.8. The first-order valence-electron chi connectivity index (χ1n) is 5.71. The highest BCUT2D eigenvalue weighted by Gasteiger charge is 2.42. The number of amides is 1. The highest BCUT2D eigenvalue weighted by Crippen LogP contribution is 2.32. The van der Waals surface area contributed by atoms with Crippen LogP contribution in [0.5, 0.6) is 0 Å². The Kier molecular flexibility index (Phi) is 3.64. The van der Waals surface area contributed by atoms with Crippen LogP contribution in [0.2, 0.25) is 0 Å². The number of nitrogens with zero attached hydrogens (tertiary/aromatic N) is 2. The molecule has 0 N–H and O–H groups in total. The number of hydrogen-bond donors (Lipinski definition) is 0. The van der Waals surface area contributed by atoms with Crippen molar-refractivity contribution in [1.82, 2.24) is 4.31 Å². The van der Waals surface area contributed by atoms with Crippen molar-refractivity contribution in [1.29, 1.82) is 0 Å². The van der Waals surface area contributed by atoms with Gasteiger partial charge in [0, 0.05) is 18.7 Å². The van der Waals surface area contributed by atoms with Gasteiger partial charge in [0.1, 0.15) is 4.90 Å². The lowest BCUT2D eigenvalue weighted by molar-refractivity contribution is -0.385. The van der Waals surface area contributed by atoms with Crippen LogP contribution in [-0.2, 0) is 19.6 Å². The molecule has 0 radical (unpaired) electrons. The number of hydrogen-bond acceptors (Lipinski definition) is 7. The van der Waals surface area contributed by atoms with Crippen molar-refractivity contribution in [3.63, 3.8) is 0 Å². The highest BCUT2D eigenvalue weighted by atomic mass is 32.2. The summed E-state index contributed by atoms with van der Waals surface area (Å²) in [6.07, 6.45) is -0.294. The number of rotatable bonds is 4. The van der Waals surface area contributed by atoms with Crippen molar-refractivity contribution in [2.24, 2.45) is 0 Å². The summed E-state index contributed by atoms with van der Waals surface area (Å²) in [5.41, 5.74) is -0.578. The number of nitro benzene ring substituents is 1. The van der Waals surface area contributed by atoms with Crippen LogP contribution in [0.15, 0.2) is 23.1 Å². The van der Waals surface area contributed by atoms with Crippen molar-refractivity contribution in [2.75, 3.05) is 13.7 Å². The molecule has 1 aromatic rings. The van der Waals surface area contributed by atoms with Gasteiger partial charge in [-0.25, -0.2) is 12.7 Å². The minimum absolute atomic E-state index is 0.148. The van der Waals surface area contributed by atoms with Crippen LogP contribution in [0.4, 0.5) is 5.69 Å². The molecule has 1 heterocycles. The quantitative estimate of drug-likeness (QED) is 0.444. The number of methoxy groups -OCH3 is 1. The molecule has 9 nitrogen and oxygen atoms in total. The van der Waals surface area contributed by atoms with E-state index >= 15 is 0 Å². The van der Waals surface area contributed by atoms with E-state index in [0.717, 1.165) is 25.3 Å². The summed E-state index contributed by atoms with van der Waals surface area (Å²) < 4.78 is 29.3. The van der Waals surface area contributed by atoms with E-state index in [1.807, 2.05) is 0 Å². The predicted molar refractivity (Wildman–Crippen MR) is 68.0 cm³/mol. The second-order valence-corrected chi connectivity index (χ2v) is 5.98. The fraction of sp³-hybridized carbons (Fsp3) is 0.273. The molecule has 112 valence electrons. The summed E-state index contributed by atoms with van der Waals surface area (Å²) in [7, 11) is -3.04. The number of fused-ring (bicyclic) bond motifs is 1. The van der Waals surface area contributed by atoms with Gasteiger partial charge in [0.2, 0.25) is 0 Å². The Morgan fingerprint density at radius 1 is 1.43 bits per heavy atom. The molecule has 0 atom stereocenters. The molecule has 0 aromatic heterocycles. The molecule has 1 aliphatic rings. The summed E-state index contributed by atoms with van der Waals surface area (Å²) in [5, 5.41) is 10.7. The normalized spacial score (nSPS) is 15.7. The van der Waals surface area contributed by atoms with E-state index in [0.29, 0.717) is 4.31 Å². The Morgan fingerprint density at radius 2 is 2.10 bits per heavy atom.